The van der Waals surface area contributed by atoms with Gasteiger partial charge in [0, 0.05) is 24.3 Å². The highest BCUT2D eigenvalue weighted by atomic mass is 16.7. The fourth-order valence-corrected chi connectivity index (χ4v) is 4.66. The van der Waals surface area contributed by atoms with Crippen molar-refractivity contribution < 1.29 is 14.3 Å². The Labute approximate surface area is 203 Å². The summed E-state index contributed by atoms with van der Waals surface area (Å²) in [6.45, 7) is 0. The number of hydrogen-bond donors (Lipinski definition) is 1. The Bertz CT molecular complexity index is 1620. The van der Waals surface area contributed by atoms with E-state index in [4.69, 9.17) is 9.47 Å². The van der Waals surface area contributed by atoms with Crippen LogP contribution in [0.25, 0.3) is 21.5 Å². The molecule has 5 aromatic carbocycles. The average molecular weight is 458 g/mol. The maximum Gasteiger partial charge on any atom is 0.279 e. The predicted molar refractivity (Wildman–Crippen MR) is 140 cm³/mol. The number of nitrogens with one attached hydrogen (secondary N) is 1. The van der Waals surface area contributed by atoms with Crippen LogP contribution in [0.2, 0.25) is 0 Å². The molecule has 0 aromatic heterocycles. The molecule has 1 aliphatic heterocycles. The van der Waals surface area contributed by atoms with Crippen molar-refractivity contribution >= 4 is 33.0 Å². The lowest BCUT2D eigenvalue weighted by Crippen LogP contribution is -2.43. The summed E-state index contributed by atoms with van der Waals surface area (Å²) in [5.41, 5.74) is 2.68. The van der Waals surface area contributed by atoms with Gasteiger partial charge in [0.05, 0.1) is 11.4 Å². The maximum atomic E-state index is 13.5. The number of allylic oxidation sites excluding steroid dienone is 1. The molecule has 0 saturated heterocycles. The third kappa shape index (κ3) is 3.65. The highest BCUT2D eigenvalue weighted by Crippen LogP contribution is 2.44. The Balaban J connectivity index is 1.50. The highest BCUT2D eigenvalue weighted by molar-refractivity contribution is 6.07. The first kappa shape index (κ1) is 21.1. The van der Waals surface area contributed by atoms with E-state index in [0.29, 0.717) is 17.0 Å². The Morgan fingerprint density at radius 2 is 1.40 bits per heavy atom. The topological polar surface area (TPSA) is 47.6 Å². The fourth-order valence-electron chi connectivity index (χ4n) is 4.66. The normalized spacial score (nSPS) is 18.1. The zero-order valence-corrected chi connectivity index (χ0v) is 19.2. The molecule has 1 unspecified atom stereocenters. The quantitative estimate of drug-likeness (QED) is 0.232. The maximum absolute atomic E-state index is 13.5. The van der Waals surface area contributed by atoms with Gasteiger partial charge < -0.3 is 14.8 Å². The van der Waals surface area contributed by atoms with Crippen molar-refractivity contribution in [2.45, 2.75) is 5.79 Å². The molecule has 0 amide bonds. The third-order valence-electron chi connectivity index (χ3n) is 6.49. The number of anilines is 1. The van der Waals surface area contributed by atoms with Gasteiger partial charge in [-0.3, -0.25) is 4.79 Å². The fraction of sp³-hybridized carbons (Fsp3) is 0.0645. The summed E-state index contributed by atoms with van der Waals surface area (Å²) in [5, 5.41) is 7.69. The molecule has 5 aromatic rings. The highest BCUT2D eigenvalue weighted by Gasteiger charge is 2.44. The zero-order chi connectivity index (χ0) is 23.8. The van der Waals surface area contributed by atoms with Crippen molar-refractivity contribution in [3.05, 3.63) is 132 Å². The number of carbonyl (C=O) groups is 1. The molecule has 0 radical (unpaired) electrons. The van der Waals surface area contributed by atoms with Crippen molar-refractivity contribution in [1.82, 2.24) is 0 Å². The van der Waals surface area contributed by atoms with Gasteiger partial charge in [-0.2, -0.15) is 0 Å². The second-order valence-corrected chi connectivity index (χ2v) is 8.59. The van der Waals surface area contributed by atoms with Crippen LogP contribution in [0.5, 0.6) is 5.75 Å². The van der Waals surface area contributed by atoms with Crippen molar-refractivity contribution in [3.8, 4) is 5.75 Å². The average Bonchev–Trinajstić information content (AvgIpc) is 2.92. The third-order valence-corrected chi connectivity index (χ3v) is 6.49. The molecule has 1 atom stereocenters. The molecule has 1 aliphatic rings. The van der Waals surface area contributed by atoms with E-state index >= 15 is 0 Å². The SMILES string of the molecule is COC1(c2ccc3ccccc3c2)Oc2ccccc2N/C1=C\C(=O)c1ccc2ccccc2c1. The second kappa shape index (κ2) is 8.42. The number of hydrogen-bond acceptors (Lipinski definition) is 4. The van der Waals surface area contributed by atoms with Crippen LogP contribution >= 0.6 is 0 Å². The van der Waals surface area contributed by atoms with Crippen molar-refractivity contribution in [1.29, 1.82) is 0 Å². The summed E-state index contributed by atoms with van der Waals surface area (Å²) in [5.74, 6) is -0.800. The molecular weight excluding hydrogens is 434 g/mol. The number of benzene rings is 5. The van der Waals surface area contributed by atoms with Crippen molar-refractivity contribution in [3.63, 3.8) is 0 Å². The molecule has 170 valence electrons. The summed E-state index contributed by atoms with van der Waals surface area (Å²) in [6, 6.07) is 35.6. The van der Waals surface area contributed by atoms with E-state index < -0.39 is 5.79 Å². The molecule has 4 nitrogen and oxygen atoms in total. The lowest BCUT2D eigenvalue weighted by atomic mass is 9.95. The van der Waals surface area contributed by atoms with E-state index in [0.717, 1.165) is 32.8 Å². The minimum Gasteiger partial charge on any atom is -0.450 e. The van der Waals surface area contributed by atoms with Crippen LogP contribution in [0, 0.1) is 0 Å². The molecule has 1 heterocycles. The first-order chi connectivity index (χ1) is 17.2. The largest absolute Gasteiger partial charge is 0.450 e. The number of rotatable bonds is 4. The van der Waals surface area contributed by atoms with Gasteiger partial charge in [-0.25, -0.2) is 0 Å². The number of para-hydroxylation sites is 2. The minimum absolute atomic E-state index is 0.136. The first-order valence-corrected chi connectivity index (χ1v) is 11.5. The Morgan fingerprint density at radius 3 is 2.14 bits per heavy atom. The number of fused-ring (bicyclic) bond motifs is 3. The van der Waals surface area contributed by atoms with Crippen molar-refractivity contribution in [2.24, 2.45) is 0 Å². The molecule has 0 bridgehead atoms. The summed E-state index contributed by atoms with van der Waals surface area (Å²) in [7, 11) is 1.60. The Kier molecular flexibility index (Phi) is 5.09. The van der Waals surface area contributed by atoms with Gasteiger partial charge in [0.1, 0.15) is 5.75 Å². The van der Waals surface area contributed by atoms with Gasteiger partial charge in [-0.15, -0.1) is 0 Å². The van der Waals surface area contributed by atoms with Crippen LogP contribution in [0.1, 0.15) is 15.9 Å². The van der Waals surface area contributed by atoms with E-state index in [1.54, 1.807) is 13.2 Å². The number of ketones is 1. The standard InChI is InChI=1S/C31H23NO3/c1-34-31(26-17-16-22-9-3-5-11-24(22)19-26)30(32-27-12-6-7-13-29(27)35-31)20-28(33)25-15-14-21-8-2-4-10-23(21)18-25/h2-20,32H,1H3/b30-20-. The van der Waals surface area contributed by atoms with Crippen LogP contribution in [-0.4, -0.2) is 12.9 Å². The molecular formula is C31H23NO3. The summed E-state index contributed by atoms with van der Waals surface area (Å²) >= 11 is 0. The summed E-state index contributed by atoms with van der Waals surface area (Å²) < 4.78 is 12.6. The zero-order valence-electron chi connectivity index (χ0n) is 19.2. The lowest BCUT2D eigenvalue weighted by Gasteiger charge is -2.40. The van der Waals surface area contributed by atoms with E-state index in [1.807, 2.05) is 97.1 Å². The van der Waals surface area contributed by atoms with Crippen LogP contribution < -0.4 is 10.1 Å². The van der Waals surface area contributed by atoms with Crippen LogP contribution in [-0.2, 0) is 10.5 Å². The number of ether oxygens (including phenoxy) is 2. The molecule has 0 aliphatic carbocycles. The first-order valence-electron chi connectivity index (χ1n) is 11.5. The monoisotopic (exact) mass is 457 g/mol. The van der Waals surface area contributed by atoms with Gasteiger partial charge in [-0.05, 0) is 45.8 Å². The minimum atomic E-state index is -1.31. The Hall–Kier alpha value is -4.41. The van der Waals surface area contributed by atoms with Gasteiger partial charge in [0.2, 0.25) is 0 Å². The van der Waals surface area contributed by atoms with E-state index in [1.165, 1.54) is 0 Å². The van der Waals surface area contributed by atoms with E-state index in [2.05, 4.69) is 17.4 Å². The molecule has 4 heteroatoms. The second-order valence-electron chi connectivity index (χ2n) is 8.59. The number of methoxy groups -OCH3 is 1. The molecule has 0 spiro atoms. The Morgan fingerprint density at radius 1 is 0.771 bits per heavy atom. The van der Waals surface area contributed by atoms with Crippen molar-refractivity contribution in [2.75, 3.05) is 12.4 Å². The van der Waals surface area contributed by atoms with Crippen LogP contribution in [0.4, 0.5) is 5.69 Å². The van der Waals surface area contributed by atoms with Gasteiger partial charge in [0.25, 0.3) is 5.79 Å². The van der Waals surface area contributed by atoms with Gasteiger partial charge in [-0.1, -0.05) is 84.9 Å². The summed E-state index contributed by atoms with van der Waals surface area (Å²) in [4.78, 5) is 13.5. The molecule has 0 fully saturated rings. The van der Waals surface area contributed by atoms with Crippen LogP contribution in [0.3, 0.4) is 0 Å². The lowest BCUT2D eigenvalue weighted by molar-refractivity contribution is -0.143. The van der Waals surface area contributed by atoms with E-state index in [-0.39, 0.29) is 5.78 Å². The molecule has 6 rings (SSSR count). The number of carbonyl (C=O) groups excluding carboxylic acids is 1. The molecule has 1 N–H and O–H groups in total. The smallest absolute Gasteiger partial charge is 0.279 e. The van der Waals surface area contributed by atoms with Gasteiger partial charge in [0.15, 0.2) is 5.78 Å². The van der Waals surface area contributed by atoms with Crippen LogP contribution in [0.15, 0.2) is 121 Å². The molecule has 0 saturated carbocycles. The van der Waals surface area contributed by atoms with E-state index in [9.17, 15) is 4.79 Å². The summed E-state index contributed by atoms with van der Waals surface area (Å²) in [6.07, 6.45) is 1.58. The van der Waals surface area contributed by atoms with Gasteiger partial charge >= 0.3 is 0 Å². The predicted octanol–water partition coefficient (Wildman–Crippen LogP) is 7.06. The molecule has 35 heavy (non-hydrogen) atoms.